The fourth-order valence-electron chi connectivity index (χ4n) is 0.376. The Labute approximate surface area is 44.3 Å². The third-order valence-electron chi connectivity index (χ3n) is 0.971. The topological polar surface area (TPSA) is 46.2 Å². The van der Waals surface area contributed by atoms with Gasteiger partial charge in [0.15, 0.2) is 0 Å². The smallest absolute Gasteiger partial charge is 0.0457 e. The van der Waals surface area contributed by atoms with Crippen LogP contribution in [-0.2, 0) is 0 Å². The summed E-state index contributed by atoms with van der Waals surface area (Å²) in [6.07, 6.45) is 0.927. The zero-order chi connectivity index (χ0) is 5.70. The van der Waals surface area contributed by atoms with Gasteiger partial charge in [0.25, 0.3) is 0 Å². The van der Waals surface area contributed by atoms with Crippen molar-refractivity contribution in [1.82, 2.24) is 0 Å². The van der Waals surface area contributed by atoms with Gasteiger partial charge >= 0.3 is 0 Å². The summed E-state index contributed by atoms with van der Waals surface area (Å²) in [5, 5.41) is 8.41. The van der Waals surface area contributed by atoms with Crippen LogP contribution in [0.25, 0.3) is 0 Å². The summed E-state index contributed by atoms with van der Waals surface area (Å²) in [5.41, 5.74) is 5.19. The SMILES string of the molecule is C[C@H](CO)CCN. The summed E-state index contributed by atoms with van der Waals surface area (Å²) in [5.74, 6) is 0.380. The molecule has 0 radical (unpaired) electrons. The molecule has 0 saturated carbocycles. The molecule has 0 amide bonds. The van der Waals surface area contributed by atoms with E-state index in [2.05, 4.69) is 0 Å². The van der Waals surface area contributed by atoms with E-state index < -0.39 is 0 Å². The second-order valence-corrected chi connectivity index (χ2v) is 1.87. The molecule has 44 valence electrons. The number of rotatable bonds is 3. The average molecular weight is 103 g/mol. The first-order chi connectivity index (χ1) is 3.31. The Kier molecular flexibility index (Phi) is 4.04. The van der Waals surface area contributed by atoms with E-state index in [0.29, 0.717) is 12.5 Å². The molecule has 3 N–H and O–H groups in total. The molecular weight excluding hydrogens is 90.1 g/mol. The van der Waals surface area contributed by atoms with Crippen molar-refractivity contribution in [3.05, 3.63) is 0 Å². The van der Waals surface area contributed by atoms with Crippen LogP contribution in [-0.4, -0.2) is 18.3 Å². The Morgan fingerprint density at radius 1 is 1.71 bits per heavy atom. The molecule has 0 bridgehead atoms. The zero-order valence-corrected chi connectivity index (χ0v) is 4.72. The van der Waals surface area contributed by atoms with Crippen molar-refractivity contribution >= 4 is 0 Å². The summed E-state index contributed by atoms with van der Waals surface area (Å²) in [4.78, 5) is 0. The van der Waals surface area contributed by atoms with Gasteiger partial charge in [-0.2, -0.15) is 0 Å². The average Bonchev–Trinajstić information content (AvgIpc) is 1.68. The molecule has 0 aromatic rings. The third kappa shape index (κ3) is 3.76. The van der Waals surface area contributed by atoms with Gasteiger partial charge in [-0.3, -0.25) is 0 Å². The van der Waals surface area contributed by atoms with Crippen molar-refractivity contribution in [3.8, 4) is 0 Å². The lowest BCUT2D eigenvalue weighted by atomic mass is 10.1. The molecule has 0 unspecified atom stereocenters. The number of hydrogen-bond donors (Lipinski definition) is 2. The van der Waals surface area contributed by atoms with Gasteiger partial charge in [0.1, 0.15) is 0 Å². The van der Waals surface area contributed by atoms with E-state index in [0.717, 1.165) is 6.42 Å². The Bertz CT molecular complexity index is 39.1. The molecule has 0 aromatic carbocycles. The Balaban J connectivity index is 2.83. The number of nitrogens with two attached hydrogens (primary N) is 1. The van der Waals surface area contributed by atoms with Gasteiger partial charge in [-0.15, -0.1) is 0 Å². The van der Waals surface area contributed by atoms with E-state index >= 15 is 0 Å². The van der Waals surface area contributed by atoms with Crippen LogP contribution in [0.4, 0.5) is 0 Å². The van der Waals surface area contributed by atoms with Gasteiger partial charge in [-0.25, -0.2) is 0 Å². The highest BCUT2D eigenvalue weighted by Gasteiger charge is 1.94. The van der Waals surface area contributed by atoms with E-state index in [1.165, 1.54) is 0 Å². The standard InChI is InChI=1S/C5H13NO/c1-5(4-7)2-3-6/h5,7H,2-4,6H2,1H3/t5-/m0/s1. The predicted octanol–water partition coefficient (Wildman–Crippen LogP) is -0.0364. The highest BCUT2D eigenvalue weighted by Crippen LogP contribution is 1.95. The Morgan fingerprint density at radius 3 is 2.43 bits per heavy atom. The molecule has 0 aromatic heterocycles. The van der Waals surface area contributed by atoms with E-state index in [1.807, 2.05) is 6.92 Å². The molecule has 0 saturated heterocycles. The van der Waals surface area contributed by atoms with Crippen molar-refractivity contribution in [2.75, 3.05) is 13.2 Å². The van der Waals surface area contributed by atoms with Crippen LogP contribution >= 0.6 is 0 Å². The molecule has 0 rings (SSSR count). The number of aliphatic hydroxyl groups is 1. The predicted molar refractivity (Wildman–Crippen MR) is 29.9 cm³/mol. The molecule has 0 fully saturated rings. The summed E-state index contributed by atoms with van der Waals surface area (Å²) in [6, 6.07) is 0. The van der Waals surface area contributed by atoms with Gasteiger partial charge < -0.3 is 10.8 Å². The molecule has 0 aliphatic heterocycles. The van der Waals surface area contributed by atoms with Crippen molar-refractivity contribution < 1.29 is 5.11 Å². The van der Waals surface area contributed by atoms with E-state index in [1.54, 1.807) is 0 Å². The van der Waals surface area contributed by atoms with Crippen LogP contribution in [0.2, 0.25) is 0 Å². The van der Waals surface area contributed by atoms with Gasteiger partial charge in [0.05, 0.1) is 0 Å². The van der Waals surface area contributed by atoms with Crippen LogP contribution in [0.5, 0.6) is 0 Å². The summed E-state index contributed by atoms with van der Waals surface area (Å²) in [7, 11) is 0. The zero-order valence-electron chi connectivity index (χ0n) is 4.72. The number of hydrogen-bond acceptors (Lipinski definition) is 2. The first kappa shape index (κ1) is 6.92. The molecule has 1 atom stereocenters. The van der Waals surface area contributed by atoms with Gasteiger partial charge in [0, 0.05) is 6.61 Å². The fraction of sp³-hybridized carbons (Fsp3) is 1.00. The second kappa shape index (κ2) is 4.09. The van der Waals surface area contributed by atoms with Gasteiger partial charge in [0.2, 0.25) is 0 Å². The van der Waals surface area contributed by atoms with Crippen LogP contribution < -0.4 is 5.73 Å². The van der Waals surface area contributed by atoms with Gasteiger partial charge in [-0.1, -0.05) is 6.92 Å². The van der Waals surface area contributed by atoms with E-state index in [4.69, 9.17) is 10.8 Å². The summed E-state index contributed by atoms with van der Waals surface area (Å²) >= 11 is 0. The van der Waals surface area contributed by atoms with Gasteiger partial charge in [-0.05, 0) is 18.9 Å². The van der Waals surface area contributed by atoms with Crippen LogP contribution in [0.15, 0.2) is 0 Å². The monoisotopic (exact) mass is 103 g/mol. The highest BCUT2D eigenvalue weighted by molar-refractivity contribution is 4.48. The van der Waals surface area contributed by atoms with Crippen molar-refractivity contribution in [2.24, 2.45) is 11.7 Å². The molecule has 2 nitrogen and oxygen atoms in total. The molecule has 0 aliphatic rings. The van der Waals surface area contributed by atoms with Crippen molar-refractivity contribution in [1.29, 1.82) is 0 Å². The maximum absolute atomic E-state index is 8.41. The lowest BCUT2D eigenvalue weighted by Gasteiger charge is -2.01. The first-order valence-corrected chi connectivity index (χ1v) is 2.62. The normalized spacial score (nSPS) is 14.1. The Hall–Kier alpha value is -0.0800. The third-order valence-corrected chi connectivity index (χ3v) is 0.971. The molecular formula is C5H13NO. The van der Waals surface area contributed by atoms with Crippen molar-refractivity contribution in [3.63, 3.8) is 0 Å². The largest absolute Gasteiger partial charge is 0.396 e. The maximum atomic E-state index is 8.41. The molecule has 2 heteroatoms. The van der Waals surface area contributed by atoms with Crippen LogP contribution in [0, 0.1) is 5.92 Å². The lowest BCUT2D eigenvalue weighted by molar-refractivity contribution is 0.232. The van der Waals surface area contributed by atoms with Crippen LogP contribution in [0.3, 0.4) is 0 Å². The van der Waals surface area contributed by atoms with E-state index in [-0.39, 0.29) is 6.61 Å². The van der Waals surface area contributed by atoms with E-state index in [9.17, 15) is 0 Å². The molecule has 0 aliphatic carbocycles. The maximum Gasteiger partial charge on any atom is 0.0457 e. The summed E-state index contributed by atoms with van der Waals surface area (Å²) in [6.45, 7) is 2.92. The minimum absolute atomic E-state index is 0.261. The highest BCUT2D eigenvalue weighted by atomic mass is 16.3. The molecule has 0 heterocycles. The fourth-order valence-corrected chi connectivity index (χ4v) is 0.376. The minimum atomic E-state index is 0.261. The molecule has 0 spiro atoms. The summed E-state index contributed by atoms with van der Waals surface area (Å²) < 4.78 is 0. The quantitative estimate of drug-likeness (QED) is 0.526. The van der Waals surface area contributed by atoms with Crippen LogP contribution in [0.1, 0.15) is 13.3 Å². The first-order valence-electron chi connectivity index (χ1n) is 2.62. The van der Waals surface area contributed by atoms with Crippen molar-refractivity contribution in [2.45, 2.75) is 13.3 Å². The molecule has 7 heavy (non-hydrogen) atoms. The number of aliphatic hydroxyl groups excluding tert-OH is 1. The second-order valence-electron chi connectivity index (χ2n) is 1.87. The Morgan fingerprint density at radius 2 is 2.29 bits per heavy atom. The minimum Gasteiger partial charge on any atom is -0.396 e. The lowest BCUT2D eigenvalue weighted by Crippen LogP contribution is -2.08.